The van der Waals surface area contributed by atoms with Crippen molar-refractivity contribution in [2.24, 2.45) is 11.8 Å². The fourth-order valence-corrected chi connectivity index (χ4v) is 1.89. The Labute approximate surface area is 91.2 Å². The first-order valence-electron chi connectivity index (χ1n) is 5.49. The fraction of sp³-hybridized carbons (Fsp3) is 0.909. The number of ether oxygens (including phenoxy) is 1. The van der Waals surface area contributed by atoms with E-state index in [1.807, 2.05) is 0 Å². The summed E-state index contributed by atoms with van der Waals surface area (Å²) in [7, 11) is 1.58. The highest BCUT2D eigenvalue weighted by Gasteiger charge is 2.30. The molecule has 0 spiro atoms. The zero-order valence-corrected chi connectivity index (χ0v) is 9.77. The summed E-state index contributed by atoms with van der Waals surface area (Å²) in [4.78, 5) is 12.8. The molecule has 4 nitrogen and oxygen atoms in total. The molecule has 0 aromatic carbocycles. The van der Waals surface area contributed by atoms with Crippen LogP contribution in [0.3, 0.4) is 0 Å². The van der Waals surface area contributed by atoms with Crippen LogP contribution in [0.5, 0.6) is 0 Å². The van der Waals surface area contributed by atoms with Gasteiger partial charge in [0.1, 0.15) is 0 Å². The smallest absolute Gasteiger partial charge is 0.306 e. The molecule has 0 radical (unpaired) electrons. The third-order valence-corrected chi connectivity index (χ3v) is 3.13. The highest BCUT2D eigenvalue weighted by Crippen LogP contribution is 2.23. The van der Waals surface area contributed by atoms with Gasteiger partial charge in [-0.1, -0.05) is 13.8 Å². The summed E-state index contributed by atoms with van der Waals surface area (Å²) in [5.74, 6) is 0.705. The van der Waals surface area contributed by atoms with Crippen molar-refractivity contribution in [1.29, 1.82) is 0 Å². The van der Waals surface area contributed by atoms with Gasteiger partial charge in [0.25, 0.3) is 0 Å². The van der Waals surface area contributed by atoms with E-state index < -0.39 is 5.97 Å². The molecular formula is C11H21NO3. The summed E-state index contributed by atoms with van der Waals surface area (Å²) >= 11 is 0. The average molecular weight is 215 g/mol. The van der Waals surface area contributed by atoms with Gasteiger partial charge in [0.15, 0.2) is 0 Å². The predicted octanol–water partition coefficient (Wildman–Crippen LogP) is 1.06. The number of hydrogen-bond acceptors (Lipinski definition) is 3. The van der Waals surface area contributed by atoms with Crippen molar-refractivity contribution in [2.75, 3.05) is 26.7 Å². The van der Waals surface area contributed by atoms with Crippen LogP contribution >= 0.6 is 0 Å². The highest BCUT2D eigenvalue weighted by molar-refractivity contribution is 5.67. The molecule has 1 saturated heterocycles. The van der Waals surface area contributed by atoms with Gasteiger partial charge in [0, 0.05) is 26.7 Å². The van der Waals surface area contributed by atoms with Crippen molar-refractivity contribution in [1.82, 2.24) is 4.90 Å². The number of rotatable bonds is 6. The molecule has 1 fully saturated rings. The number of likely N-dealkylation sites (tertiary alicyclic amines) is 1. The molecule has 1 rings (SSSR count). The molecule has 0 aliphatic carbocycles. The van der Waals surface area contributed by atoms with Gasteiger partial charge < -0.3 is 14.7 Å². The lowest BCUT2D eigenvalue weighted by Crippen LogP contribution is -2.51. The summed E-state index contributed by atoms with van der Waals surface area (Å²) in [6.45, 7) is 7.36. The van der Waals surface area contributed by atoms with Gasteiger partial charge >= 0.3 is 5.97 Å². The van der Waals surface area contributed by atoms with Crippen LogP contribution in [0.15, 0.2) is 0 Å². The largest absolute Gasteiger partial charge is 0.481 e. The van der Waals surface area contributed by atoms with Gasteiger partial charge in [-0.15, -0.1) is 0 Å². The van der Waals surface area contributed by atoms with Crippen LogP contribution in [0.1, 0.15) is 20.3 Å². The van der Waals surface area contributed by atoms with Crippen molar-refractivity contribution >= 4 is 5.97 Å². The lowest BCUT2D eigenvalue weighted by Gasteiger charge is -2.42. The van der Waals surface area contributed by atoms with Crippen molar-refractivity contribution in [2.45, 2.75) is 26.4 Å². The Morgan fingerprint density at radius 1 is 1.53 bits per heavy atom. The minimum atomic E-state index is -0.789. The van der Waals surface area contributed by atoms with Crippen molar-refractivity contribution in [3.8, 4) is 0 Å². The third kappa shape index (κ3) is 3.80. The molecule has 1 atom stereocenters. The van der Waals surface area contributed by atoms with E-state index in [4.69, 9.17) is 9.84 Å². The molecule has 0 aromatic heterocycles. The maximum atomic E-state index is 10.5. The van der Waals surface area contributed by atoms with E-state index >= 15 is 0 Å². The monoisotopic (exact) mass is 215 g/mol. The zero-order valence-electron chi connectivity index (χ0n) is 9.77. The molecule has 1 aliphatic heterocycles. The van der Waals surface area contributed by atoms with E-state index in [0.29, 0.717) is 0 Å². The molecule has 4 heteroatoms. The summed E-state index contributed by atoms with van der Waals surface area (Å²) < 4.78 is 5.14. The molecule has 0 aromatic rings. The minimum absolute atomic E-state index is 0.0966. The summed E-state index contributed by atoms with van der Waals surface area (Å²) in [6, 6.07) is 0. The first kappa shape index (κ1) is 12.5. The molecule has 1 unspecified atom stereocenters. The number of aliphatic carboxylic acids is 1. The van der Waals surface area contributed by atoms with Gasteiger partial charge in [-0.25, -0.2) is 0 Å². The lowest BCUT2D eigenvalue weighted by atomic mass is 9.88. The molecule has 88 valence electrons. The molecule has 1 heterocycles. The third-order valence-electron chi connectivity index (χ3n) is 3.13. The second kappa shape index (κ2) is 5.47. The van der Waals surface area contributed by atoms with Gasteiger partial charge in [0.05, 0.1) is 12.5 Å². The Morgan fingerprint density at radius 2 is 2.13 bits per heavy atom. The van der Waals surface area contributed by atoms with Crippen LogP contribution in [0, 0.1) is 11.8 Å². The highest BCUT2D eigenvalue weighted by atomic mass is 16.5. The molecule has 0 bridgehead atoms. The van der Waals surface area contributed by atoms with Crippen LogP contribution in [0.25, 0.3) is 0 Å². The Bertz CT molecular complexity index is 212. The van der Waals surface area contributed by atoms with E-state index in [1.54, 1.807) is 7.11 Å². The summed E-state index contributed by atoms with van der Waals surface area (Å²) in [5.41, 5.74) is 0. The molecule has 1 aliphatic rings. The van der Waals surface area contributed by atoms with E-state index in [9.17, 15) is 4.79 Å². The number of nitrogens with zero attached hydrogens (tertiary/aromatic N) is 1. The lowest BCUT2D eigenvalue weighted by molar-refractivity contribution is -0.140. The van der Waals surface area contributed by atoms with Crippen LogP contribution in [0.4, 0.5) is 0 Å². The Kier molecular flexibility index (Phi) is 4.54. The molecule has 1 N–H and O–H groups in total. The van der Waals surface area contributed by atoms with Crippen molar-refractivity contribution < 1.29 is 14.6 Å². The van der Waals surface area contributed by atoms with Crippen LogP contribution in [-0.2, 0) is 9.53 Å². The predicted molar refractivity (Wildman–Crippen MR) is 57.8 cm³/mol. The summed E-state index contributed by atoms with van der Waals surface area (Å²) in [6.07, 6.45) is -0.0742. The molecule has 15 heavy (non-hydrogen) atoms. The number of methoxy groups -OCH3 is 1. The maximum Gasteiger partial charge on any atom is 0.306 e. The van der Waals surface area contributed by atoms with Gasteiger partial charge in [0.2, 0.25) is 0 Å². The van der Waals surface area contributed by atoms with E-state index in [2.05, 4.69) is 18.7 Å². The first-order chi connectivity index (χ1) is 7.02. The van der Waals surface area contributed by atoms with Gasteiger partial charge in [-0.05, 0) is 11.8 Å². The number of hydrogen-bond donors (Lipinski definition) is 1. The van der Waals surface area contributed by atoms with Crippen LogP contribution in [0.2, 0.25) is 0 Å². The van der Waals surface area contributed by atoms with E-state index in [0.717, 1.165) is 31.5 Å². The maximum absolute atomic E-state index is 10.5. The quantitative estimate of drug-likeness (QED) is 0.720. The van der Waals surface area contributed by atoms with Gasteiger partial charge in [-0.2, -0.15) is 0 Å². The van der Waals surface area contributed by atoms with E-state index in [-0.39, 0.29) is 12.5 Å². The Morgan fingerprint density at radius 3 is 2.53 bits per heavy atom. The van der Waals surface area contributed by atoms with Crippen molar-refractivity contribution in [3.63, 3.8) is 0 Å². The first-order valence-corrected chi connectivity index (χ1v) is 5.49. The standard InChI is InChI=1S/C11H21NO3/c1-8(2)9-5-12(6-9)7-10(15-3)4-11(13)14/h8-10H,4-7H2,1-3H3,(H,13,14). The van der Waals surface area contributed by atoms with E-state index in [1.165, 1.54) is 0 Å². The topological polar surface area (TPSA) is 49.8 Å². The van der Waals surface area contributed by atoms with Crippen molar-refractivity contribution in [3.05, 3.63) is 0 Å². The average Bonchev–Trinajstić information content (AvgIpc) is 2.06. The van der Waals surface area contributed by atoms with Crippen LogP contribution in [-0.4, -0.2) is 48.8 Å². The number of carboxylic acid groups (broad SMARTS) is 1. The fourth-order valence-electron chi connectivity index (χ4n) is 1.89. The molecular weight excluding hydrogens is 194 g/mol. The molecule has 0 amide bonds. The molecule has 0 saturated carbocycles. The normalized spacial score (nSPS) is 20.3. The summed E-state index contributed by atoms with van der Waals surface area (Å²) in [5, 5.41) is 8.66. The zero-order chi connectivity index (χ0) is 11.4. The number of carbonyl (C=O) groups is 1. The minimum Gasteiger partial charge on any atom is -0.481 e. The SMILES string of the molecule is COC(CC(=O)O)CN1CC(C(C)C)C1. The second-order valence-corrected chi connectivity index (χ2v) is 4.68. The Hall–Kier alpha value is -0.610. The van der Waals surface area contributed by atoms with Crippen LogP contribution < -0.4 is 0 Å². The number of carboxylic acids is 1. The van der Waals surface area contributed by atoms with Gasteiger partial charge in [-0.3, -0.25) is 4.79 Å². The second-order valence-electron chi connectivity index (χ2n) is 4.68. The Balaban J connectivity index is 2.21.